The molecule has 1 N–H and O–H groups in total. The Morgan fingerprint density at radius 2 is 1.82 bits per heavy atom. The third kappa shape index (κ3) is 13.2. The van der Waals surface area contributed by atoms with Crippen molar-refractivity contribution in [2.75, 3.05) is 6.61 Å². The van der Waals surface area contributed by atoms with Crippen LogP contribution in [-0.4, -0.2) is 11.7 Å². The van der Waals surface area contributed by atoms with Gasteiger partial charge < -0.3 is 5.11 Å². The van der Waals surface area contributed by atoms with Gasteiger partial charge in [-0.1, -0.05) is 13.3 Å². The largest absolute Gasteiger partial charge is 0.396 e. The zero-order valence-corrected chi connectivity index (χ0v) is 9.41. The fourth-order valence-corrected chi connectivity index (χ4v) is 0.479. The van der Waals surface area contributed by atoms with E-state index in [-0.39, 0.29) is 26.2 Å². The van der Waals surface area contributed by atoms with Crippen LogP contribution >= 0.6 is 0 Å². The molecule has 0 radical (unpaired) electrons. The fraction of sp³-hybridized carbons (Fsp3) is 0.444. The Labute approximate surface area is 87.9 Å². The minimum atomic E-state index is 0. The van der Waals surface area contributed by atoms with Gasteiger partial charge in [0.05, 0.1) is 0 Å². The quantitative estimate of drug-likeness (QED) is 0.772. The average molecular weight is 230 g/mol. The van der Waals surface area contributed by atoms with Gasteiger partial charge in [0.15, 0.2) is 0 Å². The zero-order valence-electron chi connectivity index (χ0n) is 6.96. The smallest absolute Gasteiger partial charge is 0.0430 e. The summed E-state index contributed by atoms with van der Waals surface area (Å²) in [5, 5.41) is 8.07. The molecular formula is C9H15OZr-. The molecular weight excluding hydrogens is 215 g/mol. The monoisotopic (exact) mass is 229 g/mol. The van der Waals surface area contributed by atoms with Gasteiger partial charge in [0.1, 0.15) is 0 Å². The number of aliphatic hydroxyl groups is 1. The van der Waals surface area contributed by atoms with Crippen LogP contribution < -0.4 is 0 Å². The molecule has 0 saturated heterocycles. The Morgan fingerprint density at radius 3 is 1.91 bits per heavy atom. The fourth-order valence-electron chi connectivity index (χ4n) is 0.479. The summed E-state index contributed by atoms with van der Waals surface area (Å²) >= 11 is 0. The molecule has 0 bridgehead atoms. The van der Waals surface area contributed by atoms with Gasteiger partial charge in [-0.2, -0.15) is 18.2 Å². The molecule has 62 valence electrons. The van der Waals surface area contributed by atoms with Gasteiger partial charge in [0.25, 0.3) is 0 Å². The standard InChI is InChI=1S/C5H5.C4H10O.Zr/c1-2-4-5-3-1;1-2-3-4-5;/h1-5H;5H,2-4H2,1H3;/q-1;;. The van der Waals surface area contributed by atoms with E-state index < -0.39 is 0 Å². The number of rotatable bonds is 2. The number of hydrogen-bond acceptors (Lipinski definition) is 1. The molecule has 0 unspecified atom stereocenters. The Kier molecular flexibility index (Phi) is 16.1. The minimum Gasteiger partial charge on any atom is -0.396 e. The van der Waals surface area contributed by atoms with Crippen LogP contribution in [0.5, 0.6) is 0 Å². The maximum atomic E-state index is 8.07. The van der Waals surface area contributed by atoms with Crippen LogP contribution in [0.15, 0.2) is 30.3 Å². The maximum absolute atomic E-state index is 8.07. The van der Waals surface area contributed by atoms with Crippen molar-refractivity contribution in [1.82, 2.24) is 0 Å². The third-order valence-corrected chi connectivity index (χ3v) is 1.07. The molecule has 0 spiro atoms. The van der Waals surface area contributed by atoms with Crippen LogP contribution in [-0.2, 0) is 26.2 Å². The molecule has 1 nitrogen and oxygen atoms in total. The van der Waals surface area contributed by atoms with Crippen LogP contribution in [0.3, 0.4) is 0 Å². The van der Waals surface area contributed by atoms with Gasteiger partial charge in [-0.15, -0.1) is 0 Å². The van der Waals surface area contributed by atoms with Gasteiger partial charge in [0.2, 0.25) is 0 Å². The van der Waals surface area contributed by atoms with Gasteiger partial charge in [-0.25, -0.2) is 12.1 Å². The first-order chi connectivity index (χ1) is 4.91. The summed E-state index contributed by atoms with van der Waals surface area (Å²) in [6, 6.07) is 10.0. The van der Waals surface area contributed by atoms with Crippen LogP contribution in [0.1, 0.15) is 19.8 Å². The first-order valence-electron chi connectivity index (χ1n) is 3.69. The summed E-state index contributed by atoms with van der Waals surface area (Å²) in [6.07, 6.45) is 2.04. The minimum absolute atomic E-state index is 0. The van der Waals surface area contributed by atoms with E-state index in [0.29, 0.717) is 6.61 Å². The molecule has 0 fully saturated rings. The summed E-state index contributed by atoms with van der Waals surface area (Å²) in [7, 11) is 0. The van der Waals surface area contributed by atoms with Crippen LogP contribution in [0.25, 0.3) is 0 Å². The Hall–Kier alpha value is 0.193. The SMILES string of the molecule is CCCCO.[Zr].c1cc[cH-]c1. The van der Waals surface area contributed by atoms with Crippen molar-refractivity contribution >= 4 is 0 Å². The molecule has 1 aromatic carbocycles. The van der Waals surface area contributed by atoms with Crippen molar-refractivity contribution in [2.24, 2.45) is 0 Å². The second kappa shape index (κ2) is 12.8. The predicted octanol–water partition coefficient (Wildman–Crippen LogP) is 2.18. The third-order valence-electron chi connectivity index (χ3n) is 1.07. The van der Waals surface area contributed by atoms with E-state index in [4.69, 9.17) is 5.11 Å². The van der Waals surface area contributed by atoms with Gasteiger partial charge in [-0.05, 0) is 6.42 Å². The summed E-state index contributed by atoms with van der Waals surface area (Å²) in [4.78, 5) is 0. The topological polar surface area (TPSA) is 20.2 Å². The van der Waals surface area contributed by atoms with E-state index >= 15 is 0 Å². The van der Waals surface area contributed by atoms with Crippen molar-refractivity contribution in [3.63, 3.8) is 0 Å². The van der Waals surface area contributed by atoms with Crippen LogP contribution in [0.2, 0.25) is 0 Å². The summed E-state index contributed by atoms with van der Waals surface area (Å²) in [5.41, 5.74) is 0. The first-order valence-corrected chi connectivity index (χ1v) is 3.69. The van der Waals surface area contributed by atoms with Gasteiger partial charge >= 0.3 is 0 Å². The predicted molar refractivity (Wildman–Crippen MR) is 44.0 cm³/mol. The van der Waals surface area contributed by atoms with E-state index in [0.717, 1.165) is 12.8 Å². The Morgan fingerprint density at radius 1 is 1.27 bits per heavy atom. The molecule has 1 rings (SSSR count). The van der Waals surface area contributed by atoms with E-state index in [2.05, 4.69) is 6.92 Å². The van der Waals surface area contributed by atoms with Crippen molar-refractivity contribution in [3.05, 3.63) is 30.3 Å². The second-order valence-corrected chi connectivity index (χ2v) is 2.04. The molecule has 0 aliphatic carbocycles. The number of hydrogen-bond donors (Lipinski definition) is 1. The van der Waals surface area contributed by atoms with E-state index in [1.165, 1.54) is 0 Å². The maximum Gasteiger partial charge on any atom is 0.0430 e. The van der Waals surface area contributed by atoms with Crippen molar-refractivity contribution < 1.29 is 31.3 Å². The van der Waals surface area contributed by atoms with Crippen LogP contribution in [0, 0.1) is 0 Å². The molecule has 1 aromatic rings. The number of aliphatic hydroxyl groups excluding tert-OH is 1. The molecule has 0 atom stereocenters. The normalized spacial score (nSPS) is 7.45. The van der Waals surface area contributed by atoms with Gasteiger partial charge in [-0.3, -0.25) is 0 Å². The first kappa shape index (κ1) is 13.8. The summed E-state index contributed by atoms with van der Waals surface area (Å²) in [5.74, 6) is 0. The molecule has 0 aliphatic heterocycles. The van der Waals surface area contributed by atoms with E-state index in [1.807, 2.05) is 30.3 Å². The van der Waals surface area contributed by atoms with Crippen molar-refractivity contribution in [1.29, 1.82) is 0 Å². The van der Waals surface area contributed by atoms with Crippen molar-refractivity contribution in [3.8, 4) is 0 Å². The average Bonchev–Trinajstić information content (AvgIpc) is 2.44. The Bertz CT molecular complexity index is 95.9. The second-order valence-electron chi connectivity index (χ2n) is 2.04. The zero-order chi connectivity index (χ0) is 7.66. The molecule has 0 amide bonds. The molecule has 0 heterocycles. The molecule has 0 aliphatic rings. The molecule has 0 aromatic heterocycles. The molecule has 11 heavy (non-hydrogen) atoms. The van der Waals surface area contributed by atoms with E-state index in [1.54, 1.807) is 0 Å². The van der Waals surface area contributed by atoms with E-state index in [9.17, 15) is 0 Å². The summed E-state index contributed by atoms with van der Waals surface area (Å²) in [6.45, 7) is 2.40. The van der Waals surface area contributed by atoms with Crippen LogP contribution in [0.4, 0.5) is 0 Å². The van der Waals surface area contributed by atoms with Crippen molar-refractivity contribution in [2.45, 2.75) is 19.8 Å². The number of unbranched alkanes of at least 4 members (excludes halogenated alkanes) is 1. The molecule has 2 heteroatoms. The molecule has 0 saturated carbocycles. The Balaban J connectivity index is 0. The summed E-state index contributed by atoms with van der Waals surface area (Å²) < 4.78 is 0. The van der Waals surface area contributed by atoms with Gasteiger partial charge in [0, 0.05) is 32.8 Å².